The topological polar surface area (TPSA) is 83.1 Å². The number of benzene rings is 2. The molecule has 2 aromatic rings. The normalized spacial score (nSPS) is 10.3. The lowest BCUT2D eigenvalue weighted by Gasteiger charge is -2.12. The molecule has 1 N–H and O–H groups in total. The third-order valence-corrected chi connectivity index (χ3v) is 3.50. The van der Waals surface area contributed by atoms with Crippen molar-refractivity contribution in [2.24, 2.45) is 0 Å². The number of esters is 1. The molecule has 7 heteroatoms. The average molecular weight is 371 g/mol. The molecule has 0 heterocycles. The first-order chi connectivity index (χ1) is 13.1. The molecular formula is C20H21NO6. The van der Waals surface area contributed by atoms with E-state index in [0.29, 0.717) is 28.5 Å². The summed E-state index contributed by atoms with van der Waals surface area (Å²) in [5.74, 6) is 0.319. The summed E-state index contributed by atoms with van der Waals surface area (Å²) in [6.07, 6.45) is 2.75. The lowest BCUT2D eigenvalue weighted by atomic mass is 10.1. The van der Waals surface area contributed by atoms with Crippen molar-refractivity contribution in [3.8, 4) is 17.2 Å². The Hall–Kier alpha value is -3.48. The number of hydrogen-bond acceptors (Lipinski definition) is 6. The van der Waals surface area contributed by atoms with Crippen molar-refractivity contribution in [1.29, 1.82) is 0 Å². The van der Waals surface area contributed by atoms with Gasteiger partial charge in [-0.15, -0.1) is 0 Å². The van der Waals surface area contributed by atoms with Gasteiger partial charge in [0.2, 0.25) is 5.75 Å². The zero-order valence-electron chi connectivity index (χ0n) is 15.4. The Bertz CT molecular complexity index is 791. The van der Waals surface area contributed by atoms with Gasteiger partial charge < -0.3 is 24.3 Å². The summed E-state index contributed by atoms with van der Waals surface area (Å²) in [6, 6.07) is 12.3. The maximum atomic E-state index is 11.8. The van der Waals surface area contributed by atoms with Crippen molar-refractivity contribution in [3.05, 3.63) is 54.1 Å². The van der Waals surface area contributed by atoms with Crippen LogP contribution in [-0.4, -0.2) is 39.8 Å². The second-order valence-corrected chi connectivity index (χ2v) is 5.31. The zero-order valence-corrected chi connectivity index (χ0v) is 15.4. The lowest BCUT2D eigenvalue weighted by molar-refractivity contribution is -0.142. The van der Waals surface area contributed by atoms with Crippen LogP contribution in [0, 0.1) is 0 Å². The van der Waals surface area contributed by atoms with E-state index >= 15 is 0 Å². The van der Waals surface area contributed by atoms with E-state index in [1.165, 1.54) is 33.5 Å². The van der Waals surface area contributed by atoms with Gasteiger partial charge in [-0.1, -0.05) is 18.2 Å². The number of anilines is 1. The van der Waals surface area contributed by atoms with E-state index in [2.05, 4.69) is 5.32 Å². The fraction of sp³-hybridized carbons (Fsp3) is 0.200. The van der Waals surface area contributed by atoms with Gasteiger partial charge in [-0.25, -0.2) is 4.79 Å². The maximum Gasteiger partial charge on any atom is 0.331 e. The molecule has 0 radical (unpaired) electrons. The highest BCUT2D eigenvalue weighted by molar-refractivity contribution is 5.94. The molecule has 7 nitrogen and oxygen atoms in total. The smallest absolute Gasteiger partial charge is 0.331 e. The molecule has 0 spiro atoms. The standard InChI is InChI=1S/C20H21NO6/c1-24-16-11-14(12-17(25-2)20(16)26-3)9-10-19(23)27-13-18(22)21-15-7-5-4-6-8-15/h4-12H,13H2,1-3H3,(H,21,22)/b10-9+. The van der Waals surface area contributed by atoms with Crippen molar-refractivity contribution in [3.63, 3.8) is 0 Å². The van der Waals surface area contributed by atoms with E-state index in [-0.39, 0.29) is 6.61 Å². The number of carbonyl (C=O) groups excluding carboxylic acids is 2. The molecule has 0 unspecified atom stereocenters. The van der Waals surface area contributed by atoms with E-state index in [9.17, 15) is 9.59 Å². The van der Waals surface area contributed by atoms with Crippen molar-refractivity contribution in [2.75, 3.05) is 33.3 Å². The minimum absolute atomic E-state index is 0.382. The molecule has 142 valence electrons. The van der Waals surface area contributed by atoms with Crippen LogP contribution in [-0.2, 0) is 14.3 Å². The summed E-state index contributed by atoms with van der Waals surface area (Å²) >= 11 is 0. The molecular weight excluding hydrogens is 350 g/mol. The highest BCUT2D eigenvalue weighted by Gasteiger charge is 2.12. The van der Waals surface area contributed by atoms with Gasteiger partial charge in [0, 0.05) is 11.8 Å². The first kappa shape index (κ1) is 19.8. The number of nitrogens with one attached hydrogen (secondary N) is 1. The molecule has 0 aliphatic heterocycles. The number of hydrogen-bond donors (Lipinski definition) is 1. The van der Waals surface area contributed by atoms with Gasteiger partial charge in [0.05, 0.1) is 21.3 Å². The summed E-state index contributed by atoms with van der Waals surface area (Å²) in [5.41, 5.74) is 1.28. The van der Waals surface area contributed by atoms with Gasteiger partial charge in [-0.05, 0) is 35.9 Å². The number of carbonyl (C=O) groups is 2. The van der Waals surface area contributed by atoms with Crippen LogP contribution in [0.1, 0.15) is 5.56 Å². The Kier molecular flexibility index (Phi) is 7.25. The van der Waals surface area contributed by atoms with Gasteiger partial charge in [0.25, 0.3) is 5.91 Å². The lowest BCUT2D eigenvalue weighted by Crippen LogP contribution is -2.20. The highest BCUT2D eigenvalue weighted by Crippen LogP contribution is 2.38. The maximum absolute atomic E-state index is 11.8. The van der Waals surface area contributed by atoms with Gasteiger partial charge in [0.1, 0.15) is 0 Å². The minimum atomic E-state index is -0.646. The zero-order chi connectivity index (χ0) is 19.6. The van der Waals surface area contributed by atoms with Crippen LogP contribution in [0.25, 0.3) is 6.08 Å². The number of methoxy groups -OCH3 is 3. The van der Waals surface area contributed by atoms with Crippen LogP contribution in [0.4, 0.5) is 5.69 Å². The van der Waals surface area contributed by atoms with Crippen LogP contribution >= 0.6 is 0 Å². The van der Waals surface area contributed by atoms with Gasteiger partial charge in [-0.2, -0.15) is 0 Å². The summed E-state index contributed by atoms with van der Waals surface area (Å²) in [4.78, 5) is 23.6. The summed E-state index contributed by atoms with van der Waals surface area (Å²) < 4.78 is 20.7. The molecule has 0 fully saturated rings. The monoisotopic (exact) mass is 371 g/mol. The summed E-state index contributed by atoms with van der Waals surface area (Å²) in [6.45, 7) is -0.382. The molecule has 2 aromatic carbocycles. The summed E-state index contributed by atoms with van der Waals surface area (Å²) in [7, 11) is 4.52. The molecule has 1 amide bonds. The fourth-order valence-corrected chi connectivity index (χ4v) is 2.27. The Labute approximate surface area is 157 Å². The average Bonchev–Trinajstić information content (AvgIpc) is 2.70. The largest absolute Gasteiger partial charge is 0.493 e. The van der Waals surface area contributed by atoms with E-state index in [1.807, 2.05) is 6.07 Å². The van der Waals surface area contributed by atoms with Crippen LogP contribution in [0.2, 0.25) is 0 Å². The van der Waals surface area contributed by atoms with E-state index in [4.69, 9.17) is 18.9 Å². The van der Waals surface area contributed by atoms with Gasteiger partial charge in [-0.3, -0.25) is 4.79 Å². The van der Waals surface area contributed by atoms with E-state index < -0.39 is 11.9 Å². The van der Waals surface area contributed by atoms with Crippen molar-refractivity contribution < 1.29 is 28.5 Å². The number of ether oxygens (including phenoxy) is 4. The molecule has 0 saturated heterocycles. The Balaban J connectivity index is 1.95. The molecule has 0 aromatic heterocycles. The number of amides is 1. The Morgan fingerprint density at radius 3 is 2.15 bits per heavy atom. The van der Waals surface area contributed by atoms with Crippen molar-refractivity contribution >= 4 is 23.6 Å². The number of rotatable bonds is 8. The Morgan fingerprint density at radius 1 is 0.963 bits per heavy atom. The molecule has 0 atom stereocenters. The number of para-hydroxylation sites is 1. The third kappa shape index (κ3) is 5.78. The SMILES string of the molecule is COc1cc(/C=C/C(=O)OCC(=O)Nc2ccccc2)cc(OC)c1OC. The van der Waals surface area contributed by atoms with E-state index in [1.54, 1.807) is 36.4 Å². The molecule has 0 saturated carbocycles. The van der Waals surface area contributed by atoms with E-state index in [0.717, 1.165) is 0 Å². The first-order valence-electron chi connectivity index (χ1n) is 8.07. The molecule has 0 aliphatic rings. The predicted octanol–water partition coefficient (Wildman–Crippen LogP) is 2.91. The summed E-state index contributed by atoms with van der Waals surface area (Å²) in [5, 5.41) is 2.63. The predicted molar refractivity (Wildman–Crippen MR) is 101 cm³/mol. The van der Waals surface area contributed by atoms with Crippen molar-refractivity contribution in [1.82, 2.24) is 0 Å². The molecule has 2 rings (SSSR count). The molecule has 27 heavy (non-hydrogen) atoms. The van der Waals surface area contributed by atoms with Gasteiger partial charge >= 0.3 is 5.97 Å². The second-order valence-electron chi connectivity index (χ2n) is 5.31. The van der Waals surface area contributed by atoms with Crippen LogP contribution in [0.15, 0.2) is 48.5 Å². The van der Waals surface area contributed by atoms with Crippen LogP contribution in [0.3, 0.4) is 0 Å². The molecule has 0 bridgehead atoms. The van der Waals surface area contributed by atoms with Gasteiger partial charge in [0.15, 0.2) is 18.1 Å². The molecule has 0 aliphatic carbocycles. The van der Waals surface area contributed by atoms with Crippen molar-refractivity contribution in [2.45, 2.75) is 0 Å². The Morgan fingerprint density at radius 2 is 1.59 bits per heavy atom. The third-order valence-electron chi connectivity index (χ3n) is 3.50. The fourth-order valence-electron chi connectivity index (χ4n) is 2.27. The highest BCUT2D eigenvalue weighted by atomic mass is 16.5. The quantitative estimate of drug-likeness (QED) is 0.567. The second kappa shape index (κ2) is 9.86. The van der Waals surface area contributed by atoms with Crippen LogP contribution in [0.5, 0.6) is 17.2 Å². The van der Waals surface area contributed by atoms with Crippen LogP contribution < -0.4 is 19.5 Å². The first-order valence-corrected chi connectivity index (χ1v) is 8.07. The minimum Gasteiger partial charge on any atom is -0.493 e.